The Morgan fingerprint density at radius 3 is 2.44 bits per heavy atom. The van der Waals surface area contributed by atoms with Crippen LogP contribution in [0.4, 0.5) is 4.79 Å². The number of aromatic nitrogens is 2. The minimum Gasteiger partial charge on any atom is -0.445 e. The van der Waals surface area contributed by atoms with Crippen LogP contribution in [0.15, 0.2) is 76.9 Å². The molecule has 34 heavy (non-hydrogen) atoms. The van der Waals surface area contributed by atoms with E-state index in [2.05, 4.69) is 15.3 Å². The summed E-state index contributed by atoms with van der Waals surface area (Å²) >= 11 is 1.32. The molecule has 174 valence electrons. The lowest BCUT2D eigenvalue weighted by Gasteiger charge is -2.24. The molecule has 1 unspecified atom stereocenters. The van der Waals surface area contributed by atoms with Crippen LogP contribution in [0.25, 0.3) is 10.2 Å². The molecule has 9 heteroatoms. The second-order valence-corrected chi connectivity index (χ2v) is 8.71. The van der Waals surface area contributed by atoms with E-state index in [0.717, 1.165) is 11.1 Å². The monoisotopic (exact) mass is 476 g/mol. The van der Waals surface area contributed by atoms with Crippen molar-refractivity contribution >= 4 is 33.6 Å². The molecular weight excluding hydrogens is 452 g/mol. The number of likely N-dealkylation sites (N-methyl/N-ethyl adjacent to an activating group) is 1. The van der Waals surface area contributed by atoms with Crippen LogP contribution >= 0.6 is 11.3 Å². The predicted molar refractivity (Wildman–Crippen MR) is 130 cm³/mol. The number of hydrogen-bond donors (Lipinski definition) is 2. The number of rotatable bonds is 8. The predicted octanol–water partition coefficient (Wildman–Crippen LogP) is 3.48. The van der Waals surface area contributed by atoms with Crippen molar-refractivity contribution in [2.24, 2.45) is 0 Å². The number of alkyl carbamates (subject to hydrolysis) is 1. The summed E-state index contributed by atoms with van der Waals surface area (Å²) in [4.78, 5) is 46.7. The largest absolute Gasteiger partial charge is 0.445 e. The Morgan fingerprint density at radius 1 is 1.06 bits per heavy atom. The van der Waals surface area contributed by atoms with Crippen molar-refractivity contribution in [3.63, 3.8) is 0 Å². The number of thiophene rings is 1. The van der Waals surface area contributed by atoms with Crippen LogP contribution < -0.4 is 10.9 Å². The first-order chi connectivity index (χ1) is 16.5. The molecule has 0 fully saturated rings. The number of carbonyl (C=O) groups excluding carboxylic acids is 2. The average Bonchev–Trinajstić information content (AvgIpc) is 3.32. The normalized spacial score (nSPS) is 11.7. The van der Waals surface area contributed by atoms with E-state index < -0.39 is 12.1 Å². The molecule has 0 saturated carbocycles. The minimum atomic E-state index is -0.854. The van der Waals surface area contributed by atoms with Crippen LogP contribution in [0.2, 0.25) is 0 Å². The van der Waals surface area contributed by atoms with Gasteiger partial charge in [-0.1, -0.05) is 60.7 Å². The number of benzene rings is 2. The molecule has 2 N–H and O–H groups in total. The van der Waals surface area contributed by atoms with Gasteiger partial charge < -0.3 is 19.9 Å². The highest BCUT2D eigenvalue weighted by molar-refractivity contribution is 7.17. The smallest absolute Gasteiger partial charge is 0.408 e. The van der Waals surface area contributed by atoms with Crippen molar-refractivity contribution < 1.29 is 14.3 Å². The zero-order valence-electron chi connectivity index (χ0n) is 18.6. The zero-order valence-corrected chi connectivity index (χ0v) is 19.4. The molecule has 0 radical (unpaired) electrons. The summed E-state index contributed by atoms with van der Waals surface area (Å²) in [5, 5.41) is 4.49. The standard InChI is InChI=1S/C25H24N4O4S/c1-29(15-21-26-19-12-13-34-22(19)23(30)28-21)24(31)20(14-17-8-4-2-5-9-17)27-25(32)33-16-18-10-6-3-7-11-18/h2-13,20H,14-16H2,1H3,(H,27,32)(H,26,28,30). The van der Waals surface area contributed by atoms with Crippen LogP contribution in [0.5, 0.6) is 0 Å². The highest BCUT2D eigenvalue weighted by atomic mass is 32.1. The number of ether oxygens (including phenoxy) is 1. The third kappa shape index (κ3) is 5.87. The van der Waals surface area contributed by atoms with Crippen LogP contribution in [0, 0.1) is 0 Å². The van der Waals surface area contributed by atoms with Gasteiger partial charge in [0.25, 0.3) is 5.56 Å². The molecule has 0 spiro atoms. The fourth-order valence-corrected chi connectivity index (χ4v) is 4.25. The van der Waals surface area contributed by atoms with Gasteiger partial charge in [-0.25, -0.2) is 9.78 Å². The Morgan fingerprint density at radius 2 is 1.74 bits per heavy atom. The number of fused-ring (bicyclic) bond motifs is 1. The number of H-pyrrole nitrogens is 1. The molecule has 2 amide bonds. The summed E-state index contributed by atoms with van der Waals surface area (Å²) in [6.07, 6.45) is -0.393. The van der Waals surface area contributed by atoms with E-state index >= 15 is 0 Å². The molecule has 4 rings (SSSR count). The number of nitrogens with one attached hydrogen (secondary N) is 2. The third-order valence-electron chi connectivity index (χ3n) is 5.21. The molecule has 2 aromatic carbocycles. The first-order valence-corrected chi connectivity index (χ1v) is 11.6. The maximum Gasteiger partial charge on any atom is 0.408 e. The maximum absolute atomic E-state index is 13.3. The van der Waals surface area contributed by atoms with E-state index in [1.807, 2.05) is 60.7 Å². The topological polar surface area (TPSA) is 104 Å². The van der Waals surface area contributed by atoms with E-state index in [1.54, 1.807) is 18.5 Å². The van der Waals surface area contributed by atoms with Crippen molar-refractivity contribution in [1.29, 1.82) is 0 Å². The molecular formula is C25H24N4O4S. The Kier molecular flexibility index (Phi) is 7.34. The third-order valence-corrected chi connectivity index (χ3v) is 6.12. The van der Waals surface area contributed by atoms with Gasteiger partial charge >= 0.3 is 6.09 Å². The van der Waals surface area contributed by atoms with Crippen molar-refractivity contribution in [2.45, 2.75) is 25.6 Å². The van der Waals surface area contributed by atoms with Gasteiger partial charge in [-0.2, -0.15) is 0 Å². The van der Waals surface area contributed by atoms with Gasteiger partial charge in [-0.15, -0.1) is 11.3 Å². The van der Waals surface area contributed by atoms with Crippen LogP contribution in [-0.4, -0.2) is 40.0 Å². The van der Waals surface area contributed by atoms with E-state index in [1.165, 1.54) is 16.2 Å². The summed E-state index contributed by atoms with van der Waals surface area (Å²) in [6.45, 7) is 0.187. The molecule has 0 saturated heterocycles. The van der Waals surface area contributed by atoms with Crippen LogP contribution in [0.1, 0.15) is 17.0 Å². The highest BCUT2D eigenvalue weighted by Crippen LogP contribution is 2.14. The van der Waals surface area contributed by atoms with E-state index in [-0.39, 0.29) is 31.0 Å². The van der Waals surface area contributed by atoms with Crippen molar-refractivity contribution in [2.75, 3.05) is 7.05 Å². The summed E-state index contributed by atoms with van der Waals surface area (Å²) < 4.78 is 5.86. The van der Waals surface area contributed by atoms with Gasteiger partial charge in [0.2, 0.25) is 5.91 Å². The molecule has 1 atom stereocenters. The quantitative estimate of drug-likeness (QED) is 0.405. The van der Waals surface area contributed by atoms with Gasteiger partial charge in [0.15, 0.2) is 0 Å². The molecule has 4 aromatic rings. The number of nitrogens with zero attached hydrogens (tertiary/aromatic N) is 2. The number of carbonyl (C=O) groups is 2. The zero-order chi connectivity index (χ0) is 23.9. The van der Waals surface area contributed by atoms with Gasteiger partial charge in [-0.05, 0) is 22.6 Å². The van der Waals surface area contributed by atoms with E-state index in [9.17, 15) is 14.4 Å². The minimum absolute atomic E-state index is 0.0892. The Balaban J connectivity index is 1.46. The molecule has 0 bridgehead atoms. The molecule has 0 aliphatic carbocycles. The first-order valence-electron chi connectivity index (χ1n) is 10.7. The summed E-state index contributed by atoms with van der Waals surface area (Å²) in [5.41, 5.74) is 2.09. The second kappa shape index (κ2) is 10.8. The fraction of sp³-hybridized carbons (Fsp3) is 0.200. The number of aromatic amines is 1. The first kappa shape index (κ1) is 23.2. The molecule has 0 aliphatic heterocycles. The summed E-state index contributed by atoms with van der Waals surface area (Å²) in [6, 6.07) is 19.6. The van der Waals surface area contributed by atoms with E-state index in [0.29, 0.717) is 16.0 Å². The Hall–Kier alpha value is -3.98. The Bertz CT molecular complexity index is 1320. The molecule has 2 aromatic heterocycles. The second-order valence-electron chi connectivity index (χ2n) is 7.79. The van der Waals surface area contributed by atoms with Crippen molar-refractivity contribution in [1.82, 2.24) is 20.2 Å². The lowest BCUT2D eigenvalue weighted by atomic mass is 10.0. The number of hydrogen-bond acceptors (Lipinski definition) is 6. The molecule has 8 nitrogen and oxygen atoms in total. The average molecular weight is 477 g/mol. The van der Waals surface area contributed by atoms with Crippen LogP contribution in [0.3, 0.4) is 0 Å². The lowest BCUT2D eigenvalue weighted by molar-refractivity contribution is -0.132. The van der Waals surface area contributed by atoms with Gasteiger partial charge in [0.1, 0.15) is 23.2 Å². The lowest BCUT2D eigenvalue weighted by Crippen LogP contribution is -2.48. The van der Waals surface area contributed by atoms with Gasteiger partial charge in [0, 0.05) is 13.5 Å². The van der Waals surface area contributed by atoms with Crippen molar-refractivity contribution in [3.05, 3.63) is 99.4 Å². The van der Waals surface area contributed by atoms with Crippen molar-refractivity contribution in [3.8, 4) is 0 Å². The van der Waals surface area contributed by atoms with Crippen LogP contribution in [-0.2, 0) is 29.1 Å². The molecule has 2 heterocycles. The Labute approximate surface area is 200 Å². The SMILES string of the molecule is CN(Cc1nc2ccsc2c(=O)[nH]1)C(=O)C(Cc1ccccc1)NC(=O)OCc1ccccc1. The molecule has 0 aliphatic rings. The highest BCUT2D eigenvalue weighted by Gasteiger charge is 2.26. The van der Waals surface area contributed by atoms with Gasteiger partial charge in [0.05, 0.1) is 12.1 Å². The number of amides is 2. The summed E-state index contributed by atoms with van der Waals surface area (Å²) in [5.74, 6) is 0.0467. The fourth-order valence-electron chi connectivity index (χ4n) is 3.52. The summed E-state index contributed by atoms with van der Waals surface area (Å²) in [7, 11) is 1.61. The van der Waals surface area contributed by atoms with E-state index in [4.69, 9.17) is 4.74 Å². The van der Waals surface area contributed by atoms with Gasteiger partial charge in [-0.3, -0.25) is 9.59 Å². The maximum atomic E-state index is 13.3.